The van der Waals surface area contributed by atoms with Crippen LogP contribution in [-0.4, -0.2) is 15.7 Å². The van der Waals surface area contributed by atoms with Crippen LogP contribution in [0.2, 0.25) is 5.02 Å². The van der Waals surface area contributed by atoms with Crippen LogP contribution in [-0.2, 0) is 11.3 Å². The van der Waals surface area contributed by atoms with Gasteiger partial charge in [-0.3, -0.25) is 14.9 Å². The number of carbonyl (C=O) groups is 1. The highest BCUT2D eigenvalue weighted by molar-refractivity contribution is 6.31. The maximum absolute atomic E-state index is 13.2. The molecule has 0 bridgehead atoms. The summed E-state index contributed by atoms with van der Waals surface area (Å²) in [5.41, 5.74) is 3.19. The largest absolute Gasteiger partial charge is 0.291 e. The molecule has 0 atom stereocenters. The molecule has 0 fully saturated rings. The molecule has 0 radical (unpaired) electrons. The van der Waals surface area contributed by atoms with Gasteiger partial charge in [-0.15, -0.1) is 0 Å². The maximum atomic E-state index is 13.2. The second-order valence-corrected chi connectivity index (χ2v) is 6.11. The first-order valence-electron chi connectivity index (χ1n) is 7.80. The van der Waals surface area contributed by atoms with Crippen molar-refractivity contribution in [1.82, 2.24) is 15.2 Å². The molecule has 0 aliphatic heterocycles. The van der Waals surface area contributed by atoms with E-state index in [2.05, 4.69) is 5.10 Å². The molecule has 0 spiro atoms. The first kappa shape index (κ1) is 18.9. The minimum atomic E-state index is -2.64. The number of hydrogen-bond donors (Lipinski definition) is 2. The maximum Gasteiger partial charge on any atom is 0.263 e. The van der Waals surface area contributed by atoms with E-state index in [1.54, 1.807) is 0 Å². The number of nitrogens with zero attached hydrogens (tertiary/aromatic N) is 2. The molecule has 3 rings (SSSR count). The second-order valence-electron chi connectivity index (χ2n) is 5.70. The van der Waals surface area contributed by atoms with E-state index in [-0.39, 0.29) is 17.1 Å². The molecule has 1 amide bonds. The van der Waals surface area contributed by atoms with E-state index < -0.39 is 18.1 Å². The normalized spacial score (nSPS) is 11.6. The lowest BCUT2D eigenvalue weighted by Gasteiger charge is -2.07. The Balaban J connectivity index is 2.10. The van der Waals surface area contributed by atoms with Crippen LogP contribution in [0.15, 0.2) is 42.5 Å². The zero-order chi connectivity index (χ0) is 19.6. The summed E-state index contributed by atoms with van der Waals surface area (Å²) in [6, 6.07) is 8.05. The number of rotatable bonds is 5. The standard InChI is InChI=1S/C18H14ClF3N4O/c19-14-8-12(20)3-1-11(14)9-26-16-7-10(18(21)22)2-4-13(16)15(25-26)5-6-17(27)24-23/h1-8,18H,9,23H2,(H,24,27)/b6-5+. The van der Waals surface area contributed by atoms with Gasteiger partial charge >= 0.3 is 0 Å². The summed E-state index contributed by atoms with van der Waals surface area (Å²) < 4.78 is 40.9. The fraction of sp³-hybridized carbons (Fsp3) is 0.111. The number of halogens is 4. The Hall–Kier alpha value is -2.84. The van der Waals surface area contributed by atoms with Crippen molar-refractivity contribution in [2.24, 2.45) is 5.84 Å². The van der Waals surface area contributed by atoms with Gasteiger partial charge in [0.2, 0.25) is 0 Å². The predicted octanol–water partition coefficient (Wildman–Crippen LogP) is 3.82. The molecule has 0 saturated heterocycles. The van der Waals surface area contributed by atoms with Crippen LogP contribution in [0.3, 0.4) is 0 Å². The molecule has 2 aromatic carbocycles. The van der Waals surface area contributed by atoms with Gasteiger partial charge in [-0.05, 0) is 29.8 Å². The number of amides is 1. The number of nitrogens with one attached hydrogen (secondary N) is 1. The van der Waals surface area contributed by atoms with E-state index in [0.29, 0.717) is 22.2 Å². The lowest BCUT2D eigenvalue weighted by molar-refractivity contribution is -0.116. The minimum absolute atomic E-state index is 0.138. The molecule has 0 aliphatic carbocycles. The number of alkyl halides is 2. The van der Waals surface area contributed by atoms with E-state index in [1.807, 2.05) is 5.43 Å². The summed E-state index contributed by atoms with van der Waals surface area (Å²) in [6.07, 6.45) is -0.0398. The average Bonchev–Trinajstić information content (AvgIpc) is 2.99. The molecule has 0 unspecified atom stereocenters. The van der Waals surface area contributed by atoms with Gasteiger partial charge in [0.05, 0.1) is 17.8 Å². The number of aromatic nitrogens is 2. The van der Waals surface area contributed by atoms with Crippen molar-refractivity contribution in [1.29, 1.82) is 0 Å². The first-order valence-corrected chi connectivity index (χ1v) is 8.18. The number of nitrogens with two attached hydrogens (primary N) is 1. The van der Waals surface area contributed by atoms with E-state index in [4.69, 9.17) is 17.4 Å². The van der Waals surface area contributed by atoms with Crippen LogP contribution in [0.25, 0.3) is 17.0 Å². The number of hydrazine groups is 1. The second kappa shape index (κ2) is 7.81. The number of fused-ring (bicyclic) bond motifs is 1. The number of hydrogen-bond acceptors (Lipinski definition) is 3. The summed E-state index contributed by atoms with van der Waals surface area (Å²) in [4.78, 5) is 11.3. The van der Waals surface area contributed by atoms with Crippen molar-refractivity contribution in [2.75, 3.05) is 0 Å². The zero-order valence-electron chi connectivity index (χ0n) is 13.8. The number of carbonyl (C=O) groups excluding carboxylic acids is 1. The fourth-order valence-electron chi connectivity index (χ4n) is 2.61. The molecule has 9 heteroatoms. The molecule has 1 heterocycles. The highest BCUT2D eigenvalue weighted by Gasteiger charge is 2.15. The molecule has 140 valence electrons. The first-order chi connectivity index (χ1) is 12.9. The monoisotopic (exact) mass is 394 g/mol. The Morgan fingerprint density at radius 1 is 1.30 bits per heavy atom. The number of benzene rings is 2. The summed E-state index contributed by atoms with van der Waals surface area (Å²) in [5.74, 6) is 4.01. The Labute approximate surface area is 157 Å². The highest BCUT2D eigenvalue weighted by Crippen LogP contribution is 2.28. The molecule has 0 saturated carbocycles. The SMILES string of the molecule is NNC(=O)/C=C/c1nn(Cc2ccc(F)cc2Cl)c2cc(C(F)F)ccc12. The third kappa shape index (κ3) is 4.12. The van der Waals surface area contributed by atoms with Crippen molar-refractivity contribution in [3.05, 3.63) is 70.1 Å². The van der Waals surface area contributed by atoms with Crippen molar-refractivity contribution in [3.63, 3.8) is 0 Å². The predicted molar refractivity (Wildman–Crippen MR) is 96.6 cm³/mol. The van der Waals surface area contributed by atoms with Gasteiger partial charge in [-0.2, -0.15) is 5.10 Å². The van der Waals surface area contributed by atoms with E-state index in [1.165, 1.54) is 53.2 Å². The van der Waals surface area contributed by atoms with Crippen molar-refractivity contribution < 1.29 is 18.0 Å². The van der Waals surface area contributed by atoms with Crippen LogP contribution in [0.1, 0.15) is 23.2 Å². The van der Waals surface area contributed by atoms with Gasteiger partial charge in [0.1, 0.15) is 5.82 Å². The third-order valence-electron chi connectivity index (χ3n) is 3.93. The molecule has 0 aliphatic rings. The fourth-order valence-corrected chi connectivity index (χ4v) is 2.84. The Morgan fingerprint density at radius 3 is 2.74 bits per heavy atom. The van der Waals surface area contributed by atoms with E-state index in [9.17, 15) is 18.0 Å². The third-order valence-corrected chi connectivity index (χ3v) is 4.28. The summed E-state index contributed by atoms with van der Waals surface area (Å²) in [7, 11) is 0. The van der Waals surface area contributed by atoms with Crippen molar-refractivity contribution in [3.8, 4) is 0 Å². The molecular weight excluding hydrogens is 381 g/mol. The average molecular weight is 395 g/mol. The van der Waals surface area contributed by atoms with Crippen molar-refractivity contribution >= 4 is 34.5 Å². The van der Waals surface area contributed by atoms with Gasteiger partial charge in [0, 0.05) is 22.0 Å². The zero-order valence-corrected chi connectivity index (χ0v) is 14.6. The van der Waals surface area contributed by atoms with E-state index in [0.717, 1.165) is 0 Å². The van der Waals surface area contributed by atoms with Gasteiger partial charge < -0.3 is 0 Å². The Bertz CT molecular complexity index is 1030. The summed E-state index contributed by atoms with van der Waals surface area (Å²) >= 11 is 6.06. The molecule has 5 nitrogen and oxygen atoms in total. The lowest BCUT2D eigenvalue weighted by atomic mass is 10.1. The molecule has 1 aromatic heterocycles. The van der Waals surface area contributed by atoms with Gasteiger partial charge in [0.25, 0.3) is 12.3 Å². The smallest absolute Gasteiger partial charge is 0.263 e. The van der Waals surface area contributed by atoms with Gasteiger partial charge in [0.15, 0.2) is 0 Å². The molecule has 3 aromatic rings. The van der Waals surface area contributed by atoms with Crippen LogP contribution >= 0.6 is 11.6 Å². The molecule has 3 N–H and O–H groups in total. The van der Waals surface area contributed by atoms with Crippen LogP contribution < -0.4 is 11.3 Å². The summed E-state index contributed by atoms with van der Waals surface area (Å²) in [6.45, 7) is 0.138. The van der Waals surface area contributed by atoms with Crippen molar-refractivity contribution in [2.45, 2.75) is 13.0 Å². The quantitative estimate of drug-likeness (QED) is 0.299. The van der Waals surface area contributed by atoms with E-state index >= 15 is 0 Å². The Morgan fingerprint density at radius 2 is 2.07 bits per heavy atom. The molecule has 27 heavy (non-hydrogen) atoms. The van der Waals surface area contributed by atoms with Crippen LogP contribution in [0.4, 0.5) is 13.2 Å². The Kier molecular flexibility index (Phi) is 5.48. The van der Waals surface area contributed by atoms with Gasteiger partial charge in [-0.1, -0.05) is 29.8 Å². The molecular formula is C18H14ClF3N4O. The summed E-state index contributed by atoms with van der Waals surface area (Å²) in [5, 5.41) is 5.13. The lowest BCUT2D eigenvalue weighted by Crippen LogP contribution is -2.27. The topological polar surface area (TPSA) is 72.9 Å². The van der Waals surface area contributed by atoms with Crippen LogP contribution in [0.5, 0.6) is 0 Å². The van der Waals surface area contributed by atoms with Gasteiger partial charge in [-0.25, -0.2) is 19.0 Å². The van der Waals surface area contributed by atoms with Crippen LogP contribution in [0, 0.1) is 5.82 Å². The highest BCUT2D eigenvalue weighted by atomic mass is 35.5. The minimum Gasteiger partial charge on any atom is -0.291 e.